The van der Waals surface area contributed by atoms with Crippen LogP contribution in [0.3, 0.4) is 0 Å². The second-order valence-corrected chi connectivity index (χ2v) is 4.09. The van der Waals surface area contributed by atoms with Gasteiger partial charge < -0.3 is 0 Å². The lowest BCUT2D eigenvalue weighted by molar-refractivity contribution is 0.593. The van der Waals surface area contributed by atoms with Gasteiger partial charge in [-0.2, -0.15) is 0 Å². The topological polar surface area (TPSA) is 25.8 Å². The highest BCUT2D eigenvalue weighted by atomic mass is 14.7. The Kier molecular flexibility index (Phi) is 3.30. The third-order valence-electron chi connectivity index (χ3n) is 3.06. The minimum absolute atomic E-state index is 0.385. The third kappa shape index (κ3) is 2.27. The van der Waals surface area contributed by atoms with E-state index in [0.717, 1.165) is 11.4 Å². The van der Waals surface area contributed by atoms with Crippen LogP contribution in [0.1, 0.15) is 37.1 Å². The Balaban J connectivity index is 2.20. The fourth-order valence-electron chi connectivity index (χ4n) is 1.80. The molecule has 0 aliphatic heterocycles. The summed E-state index contributed by atoms with van der Waals surface area (Å²) in [5.74, 6) is 0.771. The van der Waals surface area contributed by atoms with Crippen molar-refractivity contribution in [1.29, 1.82) is 0 Å². The van der Waals surface area contributed by atoms with Crippen LogP contribution in [0.15, 0.2) is 48.8 Å². The van der Waals surface area contributed by atoms with Crippen LogP contribution in [0.25, 0.3) is 0 Å². The number of pyridine rings is 2. The zero-order valence-electron chi connectivity index (χ0n) is 9.67. The van der Waals surface area contributed by atoms with E-state index in [1.807, 2.05) is 36.7 Å². The van der Waals surface area contributed by atoms with Crippen LogP contribution in [-0.2, 0) is 0 Å². The molecule has 0 bridgehead atoms. The van der Waals surface area contributed by atoms with Crippen molar-refractivity contribution >= 4 is 0 Å². The summed E-state index contributed by atoms with van der Waals surface area (Å²) in [5.41, 5.74) is 2.25. The van der Waals surface area contributed by atoms with Gasteiger partial charge in [0.25, 0.3) is 0 Å². The van der Waals surface area contributed by atoms with Gasteiger partial charge in [-0.05, 0) is 24.3 Å². The van der Waals surface area contributed by atoms with E-state index in [1.54, 1.807) is 0 Å². The van der Waals surface area contributed by atoms with Gasteiger partial charge in [0.15, 0.2) is 0 Å². The monoisotopic (exact) mass is 212 g/mol. The number of hydrogen-bond acceptors (Lipinski definition) is 2. The minimum atomic E-state index is 0.385. The zero-order chi connectivity index (χ0) is 11.4. The molecule has 0 aliphatic carbocycles. The Morgan fingerprint density at radius 1 is 0.750 bits per heavy atom. The molecule has 0 unspecified atom stereocenters. The Hall–Kier alpha value is -1.70. The van der Waals surface area contributed by atoms with E-state index < -0.39 is 0 Å². The van der Waals surface area contributed by atoms with Gasteiger partial charge in [-0.15, -0.1) is 0 Å². The molecule has 0 saturated carbocycles. The molecule has 2 aromatic heterocycles. The number of aromatic nitrogens is 2. The largest absolute Gasteiger partial charge is 0.261 e. The first-order valence-corrected chi connectivity index (χ1v) is 5.61. The summed E-state index contributed by atoms with van der Waals surface area (Å²) in [7, 11) is 0. The molecular formula is C14H16N2. The second-order valence-electron chi connectivity index (χ2n) is 4.09. The van der Waals surface area contributed by atoms with E-state index in [2.05, 4.69) is 35.9 Å². The van der Waals surface area contributed by atoms with Gasteiger partial charge in [0, 0.05) is 35.6 Å². The van der Waals surface area contributed by atoms with E-state index in [1.165, 1.54) is 0 Å². The Labute approximate surface area is 96.4 Å². The van der Waals surface area contributed by atoms with Crippen molar-refractivity contribution in [2.24, 2.45) is 0 Å². The van der Waals surface area contributed by atoms with Crippen LogP contribution >= 0.6 is 0 Å². The highest BCUT2D eigenvalue weighted by Gasteiger charge is 2.17. The summed E-state index contributed by atoms with van der Waals surface area (Å²) in [6, 6.07) is 12.1. The van der Waals surface area contributed by atoms with Crippen LogP contribution in [-0.4, -0.2) is 9.97 Å². The molecule has 0 radical (unpaired) electrons. The molecule has 2 aromatic rings. The molecular weight excluding hydrogens is 196 g/mol. The lowest BCUT2D eigenvalue weighted by Crippen LogP contribution is -2.07. The standard InChI is InChI=1S/C14H16N2/c1-11(13-7-3-5-9-15-13)12(2)14-8-4-6-10-16-14/h3-12H,1-2H3/t11-,12-/m0/s1. The van der Waals surface area contributed by atoms with Crippen LogP contribution in [0.5, 0.6) is 0 Å². The number of rotatable bonds is 3. The lowest BCUT2D eigenvalue weighted by atomic mass is 9.89. The fourth-order valence-corrected chi connectivity index (χ4v) is 1.80. The molecule has 0 spiro atoms. The molecule has 0 amide bonds. The molecule has 0 aliphatic rings. The lowest BCUT2D eigenvalue weighted by Gasteiger charge is -2.18. The van der Waals surface area contributed by atoms with Crippen LogP contribution in [0.2, 0.25) is 0 Å². The first kappa shape index (κ1) is 10.8. The van der Waals surface area contributed by atoms with Gasteiger partial charge in [0.05, 0.1) is 0 Å². The van der Waals surface area contributed by atoms with Gasteiger partial charge in [-0.25, -0.2) is 0 Å². The van der Waals surface area contributed by atoms with Crippen molar-refractivity contribution in [3.8, 4) is 0 Å². The second kappa shape index (κ2) is 4.88. The Morgan fingerprint density at radius 3 is 1.50 bits per heavy atom. The predicted molar refractivity (Wildman–Crippen MR) is 65.3 cm³/mol. The third-order valence-corrected chi connectivity index (χ3v) is 3.06. The van der Waals surface area contributed by atoms with Gasteiger partial charge in [-0.1, -0.05) is 26.0 Å². The van der Waals surface area contributed by atoms with Crippen molar-refractivity contribution in [3.63, 3.8) is 0 Å². The van der Waals surface area contributed by atoms with Crippen molar-refractivity contribution < 1.29 is 0 Å². The summed E-state index contributed by atoms with van der Waals surface area (Å²) in [6.45, 7) is 4.39. The maximum atomic E-state index is 4.40. The molecule has 2 rings (SSSR count). The Bertz CT molecular complexity index is 382. The molecule has 0 aromatic carbocycles. The smallest absolute Gasteiger partial charge is 0.0438 e. The van der Waals surface area contributed by atoms with Crippen LogP contribution < -0.4 is 0 Å². The molecule has 82 valence electrons. The summed E-state index contributed by atoms with van der Waals surface area (Å²) in [5, 5.41) is 0. The average molecular weight is 212 g/mol. The van der Waals surface area contributed by atoms with Crippen molar-refractivity contribution in [2.75, 3.05) is 0 Å². The fraction of sp³-hybridized carbons (Fsp3) is 0.286. The van der Waals surface area contributed by atoms with E-state index in [-0.39, 0.29) is 0 Å². The van der Waals surface area contributed by atoms with Crippen molar-refractivity contribution in [2.45, 2.75) is 25.7 Å². The van der Waals surface area contributed by atoms with Gasteiger partial charge >= 0.3 is 0 Å². The molecule has 0 N–H and O–H groups in total. The molecule has 16 heavy (non-hydrogen) atoms. The summed E-state index contributed by atoms with van der Waals surface area (Å²) < 4.78 is 0. The highest BCUT2D eigenvalue weighted by molar-refractivity contribution is 5.18. The average Bonchev–Trinajstić information content (AvgIpc) is 2.39. The van der Waals surface area contributed by atoms with E-state index in [4.69, 9.17) is 0 Å². The quantitative estimate of drug-likeness (QED) is 0.779. The highest BCUT2D eigenvalue weighted by Crippen LogP contribution is 2.29. The molecule has 0 fully saturated rings. The molecule has 2 atom stereocenters. The molecule has 2 nitrogen and oxygen atoms in total. The van der Waals surface area contributed by atoms with Crippen molar-refractivity contribution in [3.05, 3.63) is 60.2 Å². The maximum absolute atomic E-state index is 4.40. The number of hydrogen-bond donors (Lipinski definition) is 0. The molecule has 0 saturated heterocycles. The molecule has 2 heteroatoms. The van der Waals surface area contributed by atoms with Gasteiger partial charge in [0.2, 0.25) is 0 Å². The van der Waals surface area contributed by atoms with E-state index in [0.29, 0.717) is 11.8 Å². The molecule has 2 heterocycles. The SMILES string of the molecule is C[C@H](c1ccccn1)[C@H](C)c1ccccn1. The Morgan fingerprint density at radius 2 is 1.19 bits per heavy atom. The zero-order valence-corrected chi connectivity index (χ0v) is 9.67. The summed E-state index contributed by atoms with van der Waals surface area (Å²) in [6.07, 6.45) is 3.69. The normalized spacial score (nSPS) is 14.4. The van der Waals surface area contributed by atoms with Gasteiger partial charge in [-0.3, -0.25) is 9.97 Å². The maximum Gasteiger partial charge on any atom is 0.0438 e. The first-order chi connectivity index (χ1) is 7.79. The van der Waals surface area contributed by atoms with Crippen molar-refractivity contribution in [1.82, 2.24) is 9.97 Å². The predicted octanol–water partition coefficient (Wildman–Crippen LogP) is 3.38. The summed E-state index contributed by atoms with van der Waals surface area (Å²) in [4.78, 5) is 8.79. The van der Waals surface area contributed by atoms with E-state index >= 15 is 0 Å². The van der Waals surface area contributed by atoms with Gasteiger partial charge in [0.1, 0.15) is 0 Å². The number of nitrogens with zero attached hydrogens (tertiary/aromatic N) is 2. The van der Waals surface area contributed by atoms with Crippen LogP contribution in [0.4, 0.5) is 0 Å². The van der Waals surface area contributed by atoms with E-state index in [9.17, 15) is 0 Å². The van der Waals surface area contributed by atoms with Crippen LogP contribution in [0, 0.1) is 0 Å². The minimum Gasteiger partial charge on any atom is -0.261 e. The first-order valence-electron chi connectivity index (χ1n) is 5.61. The summed E-state index contributed by atoms with van der Waals surface area (Å²) >= 11 is 0.